The van der Waals surface area contributed by atoms with Gasteiger partial charge in [0.1, 0.15) is 10.8 Å². The lowest BCUT2D eigenvalue weighted by atomic mass is 10.2. The number of benzene rings is 2. The maximum Gasteiger partial charge on any atom is 0.271 e. The zero-order chi connectivity index (χ0) is 18.8. The van der Waals surface area contributed by atoms with Gasteiger partial charge < -0.3 is 5.11 Å². The quantitative estimate of drug-likeness (QED) is 0.668. The Kier molecular flexibility index (Phi) is 4.74. The molecule has 2 heterocycles. The zero-order valence-corrected chi connectivity index (χ0v) is 15.9. The predicted molar refractivity (Wildman–Crippen MR) is 109 cm³/mol. The summed E-state index contributed by atoms with van der Waals surface area (Å²) in [4.78, 5) is 19.6. The van der Waals surface area contributed by atoms with Crippen LogP contribution >= 0.6 is 23.1 Å². The first-order valence-corrected chi connectivity index (χ1v) is 9.71. The highest BCUT2D eigenvalue weighted by Gasteiger charge is 2.35. The van der Waals surface area contributed by atoms with E-state index in [1.807, 2.05) is 43.3 Å². The molecule has 0 aliphatic carbocycles. The van der Waals surface area contributed by atoms with E-state index in [0.29, 0.717) is 20.8 Å². The van der Waals surface area contributed by atoms with E-state index in [-0.39, 0.29) is 11.7 Å². The molecule has 0 unspecified atom stereocenters. The number of aliphatic imine (C=N–C) groups is 1. The normalized spacial score (nSPS) is 17.2. The van der Waals surface area contributed by atoms with Crippen molar-refractivity contribution in [2.45, 2.75) is 6.92 Å². The van der Waals surface area contributed by atoms with Crippen LogP contribution in [0, 0.1) is 6.92 Å². The van der Waals surface area contributed by atoms with Crippen LogP contribution in [0.2, 0.25) is 0 Å². The van der Waals surface area contributed by atoms with Gasteiger partial charge in [-0.05, 0) is 43.0 Å². The van der Waals surface area contributed by atoms with Gasteiger partial charge in [-0.15, -0.1) is 10.2 Å². The number of nitrogens with zero attached hydrogens (tertiary/aromatic N) is 4. The Balaban J connectivity index is 1.78. The summed E-state index contributed by atoms with van der Waals surface area (Å²) in [6.07, 6.45) is 1.67. The Morgan fingerprint density at radius 3 is 2.52 bits per heavy atom. The van der Waals surface area contributed by atoms with Crippen LogP contribution in [-0.4, -0.2) is 26.4 Å². The minimum atomic E-state index is -0.200. The first-order valence-electron chi connectivity index (χ1n) is 8.07. The summed E-state index contributed by atoms with van der Waals surface area (Å²) in [5.74, 6) is -0.0794. The molecule has 3 aromatic rings. The lowest BCUT2D eigenvalue weighted by Crippen LogP contribution is -2.28. The first-order chi connectivity index (χ1) is 13.1. The third kappa shape index (κ3) is 3.62. The highest BCUT2D eigenvalue weighted by molar-refractivity contribution is 8.19. The second-order valence-corrected chi connectivity index (χ2v) is 7.81. The fourth-order valence-electron chi connectivity index (χ4n) is 2.52. The van der Waals surface area contributed by atoms with E-state index in [0.717, 1.165) is 10.7 Å². The van der Waals surface area contributed by atoms with Gasteiger partial charge in [-0.3, -0.25) is 9.69 Å². The van der Waals surface area contributed by atoms with Crippen molar-refractivity contribution in [1.29, 1.82) is 0 Å². The SMILES string of the molecule is Cc1nnc(/N=C2/S/C(=C\c3ccccc3O)C(=O)N2c2ccccc2)s1. The van der Waals surface area contributed by atoms with E-state index in [4.69, 9.17) is 0 Å². The molecular formula is C19H14N4O2S2. The molecule has 0 spiro atoms. The molecule has 1 amide bonds. The van der Waals surface area contributed by atoms with Crippen LogP contribution in [0.1, 0.15) is 10.6 Å². The number of aromatic nitrogens is 2. The molecule has 0 bridgehead atoms. The van der Waals surface area contributed by atoms with Crippen molar-refractivity contribution in [1.82, 2.24) is 10.2 Å². The third-order valence-corrected chi connectivity index (χ3v) is 5.45. The Bertz CT molecular complexity index is 1060. The van der Waals surface area contributed by atoms with Crippen molar-refractivity contribution >= 4 is 51.1 Å². The average Bonchev–Trinajstić information content (AvgIpc) is 3.21. The molecule has 134 valence electrons. The predicted octanol–water partition coefficient (Wildman–Crippen LogP) is 4.36. The summed E-state index contributed by atoms with van der Waals surface area (Å²) in [6, 6.07) is 16.2. The molecule has 1 saturated heterocycles. The van der Waals surface area contributed by atoms with E-state index in [2.05, 4.69) is 15.2 Å². The minimum absolute atomic E-state index is 0.120. The van der Waals surface area contributed by atoms with Crippen molar-refractivity contribution in [2.75, 3.05) is 4.90 Å². The number of amidine groups is 1. The first kappa shape index (κ1) is 17.4. The van der Waals surface area contributed by atoms with Gasteiger partial charge in [0, 0.05) is 5.56 Å². The number of phenols is 1. The maximum absolute atomic E-state index is 13.1. The van der Waals surface area contributed by atoms with Crippen LogP contribution in [-0.2, 0) is 4.79 Å². The van der Waals surface area contributed by atoms with E-state index in [9.17, 15) is 9.90 Å². The average molecular weight is 394 g/mol. The summed E-state index contributed by atoms with van der Waals surface area (Å²) in [5.41, 5.74) is 1.30. The Morgan fingerprint density at radius 1 is 1.07 bits per heavy atom. The highest BCUT2D eigenvalue weighted by Crippen LogP contribution is 2.38. The molecule has 1 aromatic heterocycles. The number of aromatic hydroxyl groups is 1. The van der Waals surface area contributed by atoms with Crippen molar-refractivity contribution in [2.24, 2.45) is 4.99 Å². The van der Waals surface area contributed by atoms with Crippen LogP contribution in [0.4, 0.5) is 10.8 Å². The van der Waals surface area contributed by atoms with Gasteiger partial charge in [0.15, 0.2) is 5.17 Å². The van der Waals surface area contributed by atoms with Crippen molar-refractivity contribution in [3.8, 4) is 5.75 Å². The number of hydrogen-bond donors (Lipinski definition) is 1. The number of anilines is 1. The molecule has 27 heavy (non-hydrogen) atoms. The largest absolute Gasteiger partial charge is 0.507 e. The summed E-state index contributed by atoms with van der Waals surface area (Å²) >= 11 is 2.60. The van der Waals surface area contributed by atoms with Crippen LogP contribution in [0.15, 0.2) is 64.5 Å². The van der Waals surface area contributed by atoms with Crippen LogP contribution in [0.5, 0.6) is 5.75 Å². The number of amides is 1. The zero-order valence-electron chi connectivity index (χ0n) is 14.2. The van der Waals surface area contributed by atoms with Crippen LogP contribution < -0.4 is 4.90 Å². The second kappa shape index (κ2) is 7.34. The topological polar surface area (TPSA) is 78.7 Å². The van der Waals surface area contributed by atoms with Gasteiger partial charge in [0.05, 0.1) is 10.6 Å². The number of carbonyl (C=O) groups is 1. The molecular weight excluding hydrogens is 380 g/mol. The van der Waals surface area contributed by atoms with Crippen molar-refractivity contribution in [3.05, 3.63) is 70.1 Å². The summed E-state index contributed by atoms with van der Waals surface area (Å²) in [6.45, 7) is 1.85. The third-order valence-electron chi connectivity index (χ3n) is 3.75. The number of hydrogen-bond acceptors (Lipinski definition) is 7. The van der Waals surface area contributed by atoms with E-state index >= 15 is 0 Å². The monoisotopic (exact) mass is 394 g/mol. The van der Waals surface area contributed by atoms with Gasteiger partial charge >= 0.3 is 0 Å². The number of para-hydroxylation sites is 2. The van der Waals surface area contributed by atoms with Crippen LogP contribution in [0.25, 0.3) is 6.08 Å². The van der Waals surface area contributed by atoms with Gasteiger partial charge in [-0.1, -0.05) is 47.7 Å². The number of thioether (sulfide) groups is 1. The summed E-state index contributed by atoms with van der Waals surface area (Å²) in [5, 5.41) is 19.8. The van der Waals surface area contributed by atoms with Gasteiger partial charge in [-0.25, -0.2) is 0 Å². The van der Waals surface area contributed by atoms with Gasteiger partial charge in [0.25, 0.3) is 5.91 Å². The molecule has 1 N–H and O–H groups in total. The van der Waals surface area contributed by atoms with E-state index in [1.54, 1.807) is 29.2 Å². The Hall–Kier alpha value is -2.97. The summed E-state index contributed by atoms with van der Waals surface area (Å²) in [7, 11) is 0. The number of rotatable bonds is 3. The molecule has 6 nitrogen and oxygen atoms in total. The fraction of sp³-hybridized carbons (Fsp3) is 0.0526. The summed E-state index contributed by atoms with van der Waals surface area (Å²) < 4.78 is 0. The fourth-order valence-corrected chi connectivity index (χ4v) is 4.11. The van der Waals surface area contributed by atoms with Crippen molar-refractivity contribution < 1.29 is 9.90 Å². The molecule has 1 fully saturated rings. The second-order valence-electron chi connectivity index (χ2n) is 5.64. The maximum atomic E-state index is 13.1. The molecule has 0 saturated carbocycles. The van der Waals surface area contributed by atoms with Gasteiger partial charge in [0.2, 0.25) is 5.13 Å². The number of carbonyl (C=O) groups excluding carboxylic acids is 1. The Morgan fingerprint density at radius 2 is 1.81 bits per heavy atom. The smallest absolute Gasteiger partial charge is 0.271 e. The standard InChI is InChI=1S/C19H14N4O2S2/c1-12-21-22-18(26-12)20-19-23(14-8-3-2-4-9-14)17(25)16(27-19)11-13-7-5-6-10-15(13)24/h2-11,24H,1H3/b16-11-,20-19+. The lowest BCUT2D eigenvalue weighted by Gasteiger charge is -2.14. The molecule has 8 heteroatoms. The molecule has 4 rings (SSSR count). The molecule has 0 atom stereocenters. The van der Waals surface area contributed by atoms with E-state index in [1.165, 1.54) is 23.1 Å². The van der Waals surface area contributed by atoms with Crippen LogP contribution in [0.3, 0.4) is 0 Å². The minimum Gasteiger partial charge on any atom is -0.507 e. The van der Waals surface area contributed by atoms with Gasteiger partial charge in [-0.2, -0.15) is 4.99 Å². The number of aryl methyl sites for hydroxylation is 1. The highest BCUT2D eigenvalue weighted by atomic mass is 32.2. The molecule has 2 aromatic carbocycles. The molecule has 0 radical (unpaired) electrons. The van der Waals surface area contributed by atoms with E-state index < -0.39 is 0 Å². The molecule has 1 aliphatic rings. The Labute approximate surface area is 163 Å². The number of phenolic OH excluding ortho intramolecular Hbond substituents is 1. The van der Waals surface area contributed by atoms with Crippen molar-refractivity contribution in [3.63, 3.8) is 0 Å². The molecule has 1 aliphatic heterocycles. The lowest BCUT2D eigenvalue weighted by molar-refractivity contribution is -0.113.